The van der Waals surface area contributed by atoms with Crippen LogP contribution in [0.25, 0.3) is 22.3 Å². The largest absolute Gasteiger partial charge is 0.326 e. The average molecular weight is 263 g/mol. The minimum atomic E-state index is -0.0836. The maximum Gasteiger partial charge on any atom is 0.221 e. The Kier molecular flexibility index (Phi) is 3.13. The fourth-order valence-corrected chi connectivity index (χ4v) is 2.02. The average Bonchev–Trinajstić information content (AvgIpc) is 2.47. The standard InChI is InChI=1S/C16H13N3O/c1-11(20)18-14-8-6-12(7-9-14)16-17-10-13-4-2-3-5-15(13)19-16/h2-10H,1H3,(H,18,20). The third kappa shape index (κ3) is 2.49. The SMILES string of the molecule is CC(=O)Nc1ccc(-c2ncc3ccccc3n2)cc1. The molecule has 4 heteroatoms. The monoisotopic (exact) mass is 263 g/mol. The van der Waals surface area contributed by atoms with Gasteiger partial charge in [-0.15, -0.1) is 0 Å². The summed E-state index contributed by atoms with van der Waals surface area (Å²) < 4.78 is 0. The Labute approximate surface area is 116 Å². The number of amides is 1. The van der Waals surface area contributed by atoms with E-state index in [2.05, 4.69) is 15.3 Å². The van der Waals surface area contributed by atoms with Gasteiger partial charge in [0.15, 0.2) is 5.82 Å². The number of anilines is 1. The minimum absolute atomic E-state index is 0.0836. The van der Waals surface area contributed by atoms with Gasteiger partial charge in [-0.1, -0.05) is 18.2 Å². The van der Waals surface area contributed by atoms with Crippen LogP contribution in [-0.2, 0) is 4.79 Å². The number of rotatable bonds is 2. The van der Waals surface area contributed by atoms with Crippen LogP contribution >= 0.6 is 0 Å². The zero-order chi connectivity index (χ0) is 13.9. The number of fused-ring (bicyclic) bond motifs is 1. The van der Waals surface area contributed by atoms with Crippen molar-refractivity contribution in [1.29, 1.82) is 0 Å². The number of benzene rings is 2. The van der Waals surface area contributed by atoms with E-state index in [-0.39, 0.29) is 5.91 Å². The van der Waals surface area contributed by atoms with Crippen molar-refractivity contribution in [2.45, 2.75) is 6.92 Å². The van der Waals surface area contributed by atoms with Crippen LogP contribution in [0.1, 0.15) is 6.92 Å². The molecule has 2 aromatic carbocycles. The van der Waals surface area contributed by atoms with Gasteiger partial charge >= 0.3 is 0 Å². The molecule has 0 spiro atoms. The number of nitrogens with zero attached hydrogens (tertiary/aromatic N) is 2. The molecule has 0 unspecified atom stereocenters. The number of aromatic nitrogens is 2. The molecule has 0 aliphatic rings. The second-order valence-electron chi connectivity index (χ2n) is 4.51. The molecule has 0 aliphatic carbocycles. The highest BCUT2D eigenvalue weighted by molar-refractivity contribution is 5.89. The number of hydrogen-bond donors (Lipinski definition) is 1. The van der Waals surface area contributed by atoms with Crippen LogP contribution in [-0.4, -0.2) is 15.9 Å². The maximum absolute atomic E-state index is 11.0. The fraction of sp³-hybridized carbons (Fsp3) is 0.0625. The van der Waals surface area contributed by atoms with Crippen LogP contribution in [0.5, 0.6) is 0 Å². The molecule has 3 aromatic rings. The molecule has 0 radical (unpaired) electrons. The van der Waals surface area contributed by atoms with E-state index in [0.29, 0.717) is 5.82 Å². The highest BCUT2D eigenvalue weighted by Crippen LogP contribution is 2.20. The van der Waals surface area contributed by atoms with Crippen molar-refractivity contribution in [1.82, 2.24) is 9.97 Å². The number of nitrogens with one attached hydrogen (secondary N) is 1. The molecule has 0 aliphatic heterocycles. The van der Waals surface area contributed by atoms with Gasteiger partial charge < -0.3 is 5.32 Å². The first kappa shape index (κ1) is 12.3. The number of para-hydroxylation sites is 1. The van der Waals surface area contributed by atoms with E-state index >= 15 is 0 Å². The van der Waals surface area contributed by atoms with Crippen LogP contribution < -0.4 is 5.32 Å². The number of hydrogen-bond acceptors (Lipinski definition) is 3. The fourth-order valence-electron chi connectivity index (χ4n) is 2.02. The van der Waals surface area contributed by atoms with E-state index in [1.807, 2.05) is 54.7 Å². The molecule has 20 heavy (non-hydrogen) atoms. The molecule has 0 fully saturated rings. The molecule has 1 heterocycles. The molecule has 0 bridgehead atoms. The predicted molar refractivity (Wildman–Crippen MR) is 79.3 cm³/mol. The molecule has 98 valence electrons. The molecule has 0 saturated heterocycles. The Bertz CT molecular complexity index is 766. The molecule has 4 nitrogen and oxygen atoms in total. The van der Waals surface area contributed by atoms with Crippen LogP contribution in [0.3, 0.4) is 0 Å². The normalized spacial score (nSPS) is 10.4. The Hall–Kier alpha value is -2.75. The third-order valence-corrected chi connectivity index (χ3v) is 2.95. The summed E-state index contributed by atoms with van der Waals surface area (Å²) >= 11 is 0. The van der Waals surface area contributed by atoms with Crippen molar-refractivity contribution in [2.75, 3.05) is 5.32 Å². The summed E-state index contributed by atoms with van der Waals surface area (Å²) in [7, 11) is 0. The molecule has 0 saturated carbocycles. The molecular formula is C16H13N3O. The third-order valence-electron chi connectivity index (χ3n) is 2.95. The van der Waals surface area contributed by atoms with Crippen LogP contribution in [0.2, 0.25) is 0 Å². The molecule has 1 aromatic heterocycles. The number of carbonyl (C=O) groups is 1. The highest BCUT2D eigenvalue weighted by Gasteiger charge is 2.03. The van der Waals surface area contributed by atoms with Crippen molar-refractivity contribution < 1.29 is 4.79 Å². The Morgan fingerprint density at radius 1 is 1.05 bits per heavy atom. The van der Waals surface area contributed by atoms with Gasteiger partial charge in [-0.3, -0.25) is 4.79 Å². The van der Waals surface area contributed by atoms with Crippen molar-refractivity contribution in [2.24, 2.45) is 0 Å². The van der Waals surface area contributed by atoms with Crippen molar-refractivity contribution in [3.05, 3.63) is 54.7 Å². The van der Waals surface area contributed by atoms with Crippen LogP contribution in [0.15, 0.2) is 54.7 Å². The van der Waals surface area contributed by atoms with Gasteiger partial charge in [0.1, 0.15) is 0 Å². The zero-order valence-electron chi connectivity index (χ0n) is 11.0. The Balaban J connectivity index is 1.96. The predicted octanol–water partition coefficient (Wildman–Crippen LogP) is 3.26. The lowest BCUT2D eigenvalue weighted by Crippen LogP contribution is -2.05. The molecule has 3 rings (SSSR count). The van der Waals surface area contributed by atoms with E-state index in [9.17, 15) is 4.79 Å². The Morgan fingerprint density at radius 2 is 1.80 bits per heavy atom. The zero-order valence-corrected chi connectivity index (χ0v) is 11.0. The molecule has 0 atom stereocenters. The van der Waals surface area contributed by atoms with E-state index < -0.39 is 0 Å². The summed E-state index contributed by atoms with van der Waals surface area (Å²) in [5, 5.41) is 3.75. The lowest BCUT2D eigenvalue weighted by Gasteiger charge is -2.04. The van der Waals surface area contributed by atoms with Gasteiger partial charge in [-0.2, -0.15) is 0 Å². The molecular weight excluding hydrogens is 250 g/mol. The van der Waals surface area contributed by atoms with Gasteiger partial charge in [0.05, 0.1) is 5.52 Å². The van der Waals surface area contributed by atoms with Crippen molar-refractivity contribution >= 4 is 22.5 Å². The van der Waals surface area contributed by atoms with Gasteiger partial charge in [-0.05, 0) is 30.3 Å². The van der Waals surface area contributed by atoms with E-state index in [1.54, 1.807) is 0 Å². The topological polar surface area (TPSA) is 54.9 Å². The molecule has 1 N–H and O–H groups in total. The van der Waals surface area contributed by atoms with E-state index in [4.69, 9.17) is 0 Å². The van der Waals surface area contributed by atoms with Gasteiger partial charge in [0, 0.05) is 29.8 Å². The second-order valence-corrected chi connectivity index (χ2v) is 4.51. The summed E-state index contributed by atoms with van der Waals surface area (Å²) in [6, 6.07) is 15.4. The lowest BCUT2D eigenvalue weighted by molar-refractivity contribution is -0.114. The minimum Gasteiger partial charge on any atom is -0.326 e. The Morgan fingerprint density at radius 3 is 2.55 bits per heavy atom. The van der Waals surface area contributed by atoms with Crippen LogP contribution in [0.4, 0.5) is 5.69 Å². The maximum atomic E-state index is 11.0. The summed E-state index contributed by atoms with van der Waals surface area (Å²) in [4.78, 5) is 19.9. The van der Waals surface area contributed by atoms with E-state index in [1.165, 1.54) is 6.92 Å². The molecule has 1 amide bonds. The summed E-state index contributed by atoms with van der Waals surface area (Å²) in [5.74, 6) is 0.595. The summed E-state index contributed by atoms with van der Waals surface area (Å²) in [5.41, 5.74) is 2.61. The van der Waals surface area contributed by atoms with Gasteiger partial charge in [0.25, 0.3) is 0 Å². The summed E-state index contributed by atoms with van der Waals surface area (Å²) in [6.07, 6.45) is 1.82. The van der Waals surface area contributed by atoms with Crippen molar-refractivity contribution in [3.63, 3.8) is 0 Å². The van der Waals surface area contributed by atoms with Crippen LogP contribution in [0, 0.1) is 0 Å². The summed E-state index contributed by atoms with van der Waals surface area (Å²) in [6.45, 7) is 1.49. The first-order valence-corrected chi connectivity index (χ1v) is 6.32. The quantitative estimate of drug-likeness (QED) is 0.772. The van der Waals surface area contributed by atoms with Crippen molar-refractivity contribution in [3.8, 4) is 11.4 Å². The second kappa shape index (κ2) is 5.09. The highest BCUT2D eigenvalue weighted by atomic mass is 16.1. The smallest absolute Gasteiger partial charge is 0.221 e. The first-order chi connectivity index (χ1) is 9.72. The van der Waals surface area contributed by atoms with Gasteiger partial charge in [-0.25, -0.2) is 9.97 Å². The van der Waals surface area contributed by atoms with Gasteiger partial charge in [0.2, 0.25) is 5.91 Å². The first-order valence-electron chi connectivity index (χ1n) is 6.32. The number of carbonyl (C=O) groups excluding carboxylic acids is 1. The van der Waals surface area contributed by atoms with E-state index in [0.717, 1.165) is 22.2 Å². The lowest BCUT2D eigenvalue weighted by atomic mass is 10.2.